The zero-order valence-electron chi connectivity index (χ0n) is 16.8. The van der Waals surface area contributed by atoms with Gasteiger partial charge in [-0.2, -0.15) is 0 Å². The first-order chi connectivity index (χ1) is 14.1. The molecule has 2 aliphatic rings. The molecule has 8 nitrogen and oxygen atoms in total. The molecule has 8 heteroatoms. The van der Waals surface area contributed by atoms with E-state index in [-0.39, 0.29) is 17.7 Å². The first-order valence-corrected chi connectivity index (χ1v) is 10.4. The van der Waals surface area contributed by atoms with Crippen molar-refractivity contribution in [1.29, 1.82) is 0 Å². The van der Waals surface area contributed by atoms with Gasteiger partial charge in [0.05, 0.1) is 0 Å². The molecule has 0 spiro atoms. The van der Waals surface area contributed by atoms with Gasteiger partial charge < -0.3 is 10.2 Å². The molecule has 1 N–H and O–H groups in total. The van der Waals surface area contributed by atoms with E-state index in [9.17, 15) is 4.79 Å². The highest BCUT2D eigenvalue weighted by atomic mass is 16.1. The summed E-state index contributed by atoms with van der Waals surface area (Å²) in [5.74, 6) is 2.99. The van der Waals surface area contributed by atoms with E-state index in [2.05, 4.69) is 43.6 Å². The maximum atomic E-state index is 12.5. The van der Waals surface area contributed by atoms with Crippen LogP contribution in [0.5, 0.6) is 0 Å². The normalized spacial score (nSPS) is 19.5. The summed E-state index contributed by atoms with van der Waals surface area (Å²) in [6.45, 7) is 6.50. The molecular weight excluding hydrogens is 366 g/mol. The molecule has 5 heterocycles. The lowest BCUT2D eigenvalue weighted by Crippen LogP contribution is -2.40. The Labute approximate surface area is 169 Å². The van der Waals surface area contributed by atoms with Crippen molar-refractivity contribution >= 4 is 17.4 Å². The minimum absolute atomic E-state index is 0.0891. The molecule has 0 aliphatic carbocycles. The number of anilines is 1. The Balaban J connectivity index is 1.53. The van der Waals surface area contributed by atoms with Gasteiger partial charge in [0.15, 0.2) is 5.65 Å². The van der Waals surface area contributed by atoms with Crippen LogP contribution in [0.3, 0.4) is 0 Å². The van der Waals surface area contributed by atoms with Gasteiger partial charge in [-0.15, -0.1) is 10.2 Å². The van der Waals surface area contributed by atoms with Crippen LogP contribution < -0.4 is 10.2 Å². The Bertz CT molecular complexity index is 1070. The average Bonchev–Trinajstić information content (AvgIpc) is 3.18. The van der Waals surface area contributed by atoms with Crippen LogP contribution in [0.1, 0.15) is 66.2 Å². The molecule has 0 aromatic carbocycles. The van der Waals surface area contributed by atoms with E-state index >= 15 is 0 Å². The number of amides is 1. The number of hydrogen-bond acceptors (Lipinski definition) is 6. The summed E-state index contributed by atoms with van der Waals surface area (Å²) in [5.41, 5.74) is 2.39. The molecule has 29 heavy (non-hydrogen) atoms. The van der Waals surface area contributed by atoms with Crippen molar-refractivity contribution in [3.63, 3.8) is 0 Å². The second-order valence-electron chi connectivity index (χ2n) is 8.17. The molecule has 150 valence electrons. The van der Waals surface area contributed by atoms with Gasteiger partial charge in [0.25, 0.3) is 5.91 Å². The molecule has 3 aromatic rings. The molecule has 1 amide bonds. The lowest BCUT2D eigenvalue weighted by atomic mass is 9.96. The standard InChI is InChI=1S/C21H25N7O/c1-13(2)18-23-17-15(8-9-22-21(17)29)20(24-18)27-10-5-6-14(12-27)19-26-25-16-7-3-4-11-28(16)19/h3-4,7,11,13-14H,5-6,8-10,12H2,1-2H3,(H,22,29). The molecule has 3 aromatic heterocycles. The number of nitrogens with zero attached hydrogens (tertiary/aromatic N) is 6. The van der Waals surface area contributed by atoms with Crippen molar-refractivity contribution in [2.45, 2.75) is 44.9 Å². The number of aromatic nitrogens is 5. The summed E-state index contributed by atoms with van der Waals surface area (Å²) in [6, 6.07) is 5.97. The largest absolute Gasteiger partial charge is 0.356 e. The number of rotatable bonds is 3. The van der Waals surface area contributed by atoms with Gasteiger partial charge in [0.2, 0.25) is 0 Å². The van der Waals surface area contributed by atoms with Gasteiger partial charge in [-0.1, -0.05) is 19.9 Å². The summed E-state index contributed by atoms with van der Waals surface area (Å²) in [7, 11) is 0. The fourth-order valence-electron chi connectivity index (χ4n) is 4.33. The van der Waals surface area contributed by atoms with Crippen LogP contribution >= 0.6 is 0 Å². The molecule has 1 fully saturated rings. The lowest BCUT2D eigenvalue weighted by molar-refractivity contribution is 0.0940. The van der Waals surface area contributed by atoms with Crippen LogP contribution in [0.2, 0.25) is 0 Å². The molecule has 5 rings (SSSR count). The van der Waals surface area contributed by atoms with Crippen molar-refractivity contribution in [2.75, 3.05) is 24.5 Å². The Morgan fingerprint density at radius 2 is 2.10 bits per heavy atom. The first-order valence-electron chi connectivity index (χ1n) is 10.4. The third-order valence-electron chi connectivity index (χ3n) is 5.82. The summed E-state index contributed by atoms with van der Waals surface area (Å²) < 4.78 is 2.08. The molecule has 1 saturated heterocycles. The predicted molar refractivity (Wildman–Crippen MR) is 109 cm³/mol. The minimum Gasteiger partial charge on any atom is -0.356 e. The minimum atomic E-state index is -0.0891. The number of fused-ring (bicyclic) bond motifs is 2. The Morgan fingerprint density at radius 1 is 1.21 bits per heavy atom. The van der Waals surface area contributed by atoms with E-state index in [0.29, 0.717) is 12.2 Å². The Morgan fingerprint density at radius 3 is 2.97 bits per heavy atom. The van der Waals surface area contributed by atoms with Crippen LogP contribution in [-0.2, 0) is 6.42 Å². The molecule has 1 atom stereocenters. The van der Waals surface area contributed by atoms with Gasteiger partial charge >= 0.3 is 0 Å². The van der Waals surface area contributed by atoms with E-state index in [1.54, 1.807) is 0 Å². The van der Waals surface area contributed by atoms with Gasteiger partial charge in [0.1, 0.15) is 23.2 Å². The van der Waals surface area contributed by atoms with Gasteiger partial charge in [-0.05, 0) is 31.4 Å². The smallest absolute Gasteiger partial charge is 0.270 e. The Hall–Kier alpha value is -3.03. The molecular formula is C21H25N7O. The highest BCUT2D eigenvalue weighted by Crippen LogP contribution is 2.32. The van der Waals surface area contributed by atoms with Crippen molar-refractivity contribution in [3.8, 4) is 0 Å². The molecule has 0 bridgehead atoms. The lowest BCUT2D eigenvalue weighted by Gasteiger charge is -2.35. The molecule has 2 aliphatic heterocycles. The second-order valence-corrected chi connectivity index (χ2v) is 8.17. The monoisotopic (exact) mass is 391 g/mol. The molecule has 0 radical (unpaired) electrons. The SMILES string of the molecule is CC(C)c1nc2c(c(N3CCCC(c4nnc5ccccn45)C3)n1)CCNC2=O. The zero-order valence-corrected chi connectivity index (χ0v) is 16.8. The highest BCUT2D eigenvalue weighted by Gasteiger charge is 2.31. The quantitative estimate of drug-likeness (QED) is 0.737. The van der Waals surface area contributed by atoms with E-state index in [4.69, 9.17) is 4.98 Å². The number of pyridine rings is 1. The maximum absolute atomic E-state index is 12.5. The maximum Gasteiger partial charge on any atom is 0.270 e. The van der Waals surface area contributed by atoms with Crippen molar-refractivity contribution in [3.05, 3.63) is 47.3 Å². The third kappa shape index (κ3) is 3.12. The predicted octanol–water partition coefficient (Wildman–Crippen LogP) is 2.31. The van der Waals surface area contributed by atoms with Gasteiger partial charge in [-0.25, -0.2) is 9.97 Å². The van der Waals surface area contributed by atoms with E-state index in [0.717, 1.165) is 61.0 Å². The summed E-state index contributed by atoms with van der Waals surface area (Å²) in [5, 5.41) is 11.7. The number of hydrogen-bond donors (Lipinski definition) is 1. The zero-order chi connectivity index (χ0) is 20.0. The number of nitrogens with one attached hydrogen (secondary N) is 1. The number of piperidine rings is 1. The number of carbonyl (C=O) groups excluding carboxylic acids is 1. The van der Waals surface area contributed by atoms with E-state index < -0.39 is 0 Å². The molecule has 1 unspecified atom stereocenters. The van der Waals surface area contributed by atoms with Crippen LogP contribution in [0.15, 0.2) is 24.4 Å². The second kappa shape index (κ2) is 7.09. The highest BCUT2D eigenvalue weighted by molar-refractivity contribution is 5.96. The average molecular weight is 391 g/mol. The first kappa shape index (κ1) is 18.0. The fourth-order valence-corrected chi connectivity index (χ4v) is 4.33. The van der Waals surface area contributed by atoms with Crippen LogP contribution in [0, 0.1) is 0 Å². The van der Waals surface area contributed by atoms with Crippen molar-refractivity contribution in [2.24, 2.45) is 0 Å². The van der Waals surface area contributed by atoms with E-state index in [1.807, 2.05) is 24.4 Å². The Kier molecular flexibility index (Phi) is 4.41. The van der Waals surface area contributed by atoms with Gasteiger partial charge in [0, 0.05) is 43.2 Å². The van der Waals surface area contributed by atoms with Gasteiger partial charge in [-0.3, -0.25) is 9.20 Å². The topological polar surface area (TPSA) is 88.3 Å². The number of carbonyl (C=O) groups is 1. The van der Waals surface area contributed by atoms with Crippen LogP contribution in [0.4, 0.5) is 5.82 Å². The van der Waals surface area contributed by atoms with Crippen molar-refractivity contribution < 1.29 is 4.79 Å². The molecule has 0 saturated carbocycles. The summed E-state index contributed by atoms with van der Waals surface area (Å²) in [6.07, 6.45) is 4.91. The van der Waals surface area contributed by atoms with E-state index in [1.165, 1.54) is 0 Å². The third-order valence-corrected chi connectivity index (χ3v) is 5.82. The fraction of sp³-hybridized carbons (Fsp3) is 0.476. The summed E-state index contributed by atoms with van der Waals surface area (Å²) in [4.78, 5) is 24.3. The summed E-state index contributed by atoms with van der Waals surface area (Å²) >= 11 is 0. The van der Waals surface area contributed by atoms with Crippen molar-refractivity contribution in [1.82, 2.24) is 29.9 Å². The van der Waals surface area contributed by atoms with Crippen LogP contribution in [-0.4, -0.2) is 50.1 Å². The van der Waals surface area contributed by atoms with Crippen LogP contribution in [0.25, 0.3) is 5.65 Å².